The molecule has 0 bridgehead atoms. The first-order valence-corrected chi connectivity index (χ1v) is 6.96. The average Bonchev–Trinajstić information content (AvgIpc) is 3.11. The molecule has 2 nitrogen and oxygen atoms in total. The van der Waals surface area contributed by atoms with Gasteiger partial charge in [-0.15, -0.1) is 0 Å². The third-order valence-corrected chi connectivity index (χ3v) is 4.53. The van der Waals surface area contributed by atoms with E-state index in [1.54, 1.807) is 16.8 Å². The minimum atomic E-state index is 0.735. The number of hydrogen-bond donors (Lipinski definition) is 1. The third kappa shape index (κ3) is 1.43. The van der Waals surface area contributed by atoms with Gasteiger partial charge < -0.3 is 10.2 Å². The molecule has 2 aliphatic heterocycles. The van der Waals surface area contributed by atoms with E-state index in [1.165, 1.54) is 31.5 Å². The van der Waals surface area contributed by atoms with E-state index in [1.807, 2.05) is 0 Å². The molecule has 0 aromatic heterocycles. The summed E-state index contributed by atoms with van der Waals surface area (Å²) in [6, 6.07) is 4.79. The quantitative estimate of drug-likeness (QED) is 0.795. The fraction of sp³-hybridized carbons (Fsp3) is 0.600. The Hall–Kier alpha value is -1.02. The fourth-order valence-corrected chi connectivity index (χ4v) is 3.61. The van der Waals surface area contributed by atoms with E-state index in [2.05, 4.69) is 29.3 Å². The van der Waals surface area contributed by atoms with Gasteiger partial charge in [-0.25, -0.2) is 0 Å². The van der Waals surface area contributed by atoms with Crippen LogP contribution in [0, 0.1) is 0 Å². The van der Waals surface area contributed by atoms with Crippen molar-refractivity contribution in [1.82, 2.24) is 5.32 Å². The van der Waals surface area contributed by atoms with E-state index in [9.17, 15) is 0 Å². The summed E-state index contributed by atoms with van der Waals surface area (Å²) >= 11 is 0. The molecule has 1 fully saturated rings. The third-order valence-electron chi connectivity index (χ3n) is 4.53. The maximum atomic E-state index is 3.53. The highest BCUT2D eigenvalue weighted by Gasteiger charge is 2.35. The second-order valence-corrected chi connectivity index (χ2v) is 5.87. The van der Waals surface area contributed by atoms with Crippen LogP contribution in [-0.2, 0) is 6.54 Å². The molecule has 1 aromatic carbocycles. The van der Waals surface area contributed by atoms with Crippen molar-refractivity contribution in [2.45, 2.75) is 38.1 Å². The minimum Gasteiger partial charge on any atom is -0.369 e. The second-order valence-electron chi connectivity index (χ2n) is 5.87. The van der Waals surface area contributed by atoms with Crippen molar-refractivity contribution in [2.75, 3.05) is 24.5 Å². The van der Waals surface area contributed by atoms with Crippen molar-refractivity contribution in [3.8, 4) is 0 Å². The van der Waals surface area contributed by atoms with Crippen LogP contribution in [0.4, 0.5) is 5.69 Å². The van der Waals surface area contributed by atoms with Crippen molar-refractivity contribution in [3.05, 3.63) is 28.8 Å². The van der Waals surface area contributed by atoms with E-state index < -0.39 is 0 Å². The van der Waals surface area contributed by atoms with Crippen LogP contribution < -0.4 is 10.2 Å². The molecule has 3 aliphatic rings. The summed E-state index contributed by atoms with van der Waals surface area (Å²) in [6.07, 6.45) is 2.83. The summed E-state index contributed by atoms with van der Waals surface area (Å²) in [5, 5.41) is 3.53. The SMILES string of the molecule is CC1CN2CCNCc3ccc(C4CC4)c1c32. The van der Waals surface area contributed by atoms with Crippen molar-refractivity contribution in [1.29, 1.82) is 0 Å². The van der Waals surface area contributed by atoms with Crippen LogP contribution in [0.5, 0.6) is 0 Å². The van der Waals surface area contributed by atoms with Gasteiger partial charge in [0.15, 0.2) is 0 Å². The number of rotatable bonds is 1. The summed E-state index contributed by atoms with van der Waals surface area (Å²) in [4.78, 5) is 2.61. The van der Waals surface area contributed by atoms with Gasteiger partial charge >= 0.3 is 0 Å². The predicted molar refractivity (Wildman–Crippen MR) is 70.8 cm³/mol. The fourth-order valence-electron chi connectivity index (χ4n) is 3.61. The Morgan fingerprint density at radius 2 is 2.18 bits per heavy atom. The van der Waals surface area contributed by atoms with E-state index in [4.69, 9.17) is 0 Å². The van der Waals surface area contributed by atoms with Crippen molar-refractivity contribution in [2.24, 2.45) is 0 Å². The van der Waals surface area contributed by atoms with Crippen LogP contribution in [-0.4, -0.2) is 19.6 Å². The summed E-state index contributed by atoms with van der Waals surface area (Å²) < 4.78 is 0. The molecule has 0 spiro atoms. The zero-order valence-corrected chi connectivity index (χ0v) is 10.5. The number of nitrogens with zero attached hydrogens (tertiary/aromatic N) is 1. The zero-order chi connectivity index (χ0) is 11.4. The predicted octanol–water partition coefficient (Wildman–Crippen LogP) is 2.59. The molecule has 17 heavy (non-hydrogen) atoms. The molecule has 1 aromatic rings. The molecular formula is C15H20N2. The molecule has 0 radical (unpaired) electrons. The van der Waals surface area contributed by atoms with Gasteiger partial charge in [0, 0.05) is 37.8 Å². The minimum absolute atomic E-state index is 0.735. The highest BCUT2D eigenvalue weighted by atomic mass is 15.2. The lowest BCUT2D eigenvalue weighted by molar-refractivity contribution is 0.672. The topological polar surface area (TPSA) is 15.3 Å². The largest absolute Gasteiger partial charge is 0.369 e. The number of hydrogen-bond acceptors (Lipinski definition) is 2. The Bertz CT molecular complexity index is 462. The van der Waals surface area contributed by atoms with Crippen LogP contribution in [0.1, 0.15) is 48.3 Å². The lowest BCUT2D eigenvalue weighted by Gasteiger charge is -2.19. The summed E-state index contributed by atoms with van der Waals surface area (Å²) in [7, 11) is 0. The van der Waals surface area contributed by atoms with Gasteiger partial charge in [-0.3, -0.25) is 0 Å². The van der Waals surface area contributed by atoms with Crippen LogP contribution in [0.15, 0.2) is 12.1 Å². The molecule has 4 rings (SSSR count). The van der Waals surface area contributed by atoms with E-state index >= 15 is 0 Å². The molecular weight excluding hydrogens is 208 g/mol. The Morgan fingerprint density at radius 1 is 1.29 bits per heavy atom. The first kappa shape index (κ1) is 9.95. The van der Waals surface area contributed by atoms with Gasteiger partial charge in [-0.2, -0.15) is 0 Å². The van der Waals surface area contributed by atoms with Gasteiger partial charge in [-0.05, 0) is 35.4 Å². The first-order chi connectivity index (χ1) is 8.34. The standard InChI is InChI=1S/C15H20N2/c1-10-9-17-7-6-16-8-12-4-5-13(11-2-3-11)14(10)15(12)17/h4-5,10-11,16H,2-3,6-9H2,1H3. The highest BCUT2D eigenvalue weighted by molar-refractivity contribution is 5.69. The lowest BCUT2D eigenvalue weighted by Crippen LogP contribution is -2.27. The molecule has 0 saturated heterocycles. The van der Waals surface area contributed by atoms with Crippen LogP contribution in [0.2, 0.25) is 0 Å². The van der Waals surface area contributed by atoms with Gasteiger partial charge in [0.25, 0.3) is 0 Å². The monoisotopic (exact) mass is 228 g/mol. The molecule has 1 saturated carbocycles. The Labute approximate surface area is 103 Å². The molecule has 1 N–H and O–H groups in total. The van der Waals surface area contributed by atoms with Crippen molar-refractivity contribution < 1.29 is 0 Å². The van der Waals surface area contributed by atoms with E-state index in [0.717, 1.165) is 24.9 Å². The number of benzene rings is 1. The number of nitrogens with one attached hydrogen (secondary N) is 1. The average molecular weight is 228 g/mol. The maximum Gasteiger partial charge on any atom is 0.0451 e. The Kier molecular flexibility index (Phi) is 2.04. The summed E-state index contributed by atoms with van der Waals surface area (Å²) in [5.41, 5.74) is 6.47. The second kappa shape index (κ2) is 3.49. The highest BCUT2D eigenvalue weighted by Crippen LogP contribution is 2.49. The lowest BCUT2D eigenvalue weighted by atomic mass is 9.92. The molecule has 1 atom stereocenters. The summed E-state index contributed by atoms with van der Waals surface area (Å²) in [6.45, 7) is 6.99. The van der Waals surface area contributed by atoms with Gasteiger partial charge in [0.1, 0.15) is 0 Å². The van der Waals surface area contributed by atoms with Crippen LogP contribution in [0.25, 0.3) is 0 Å². The Morgan fingerprint density at radius 3 is 3.00 bits per heavy atom. The molecule has 1 unspecified atom stereocenters. The molecule has 0 amide bonds. The molecule has 2 heteroatoms. The van der Waals surface area contributed by atoms with E-state index in [0.29, 0.717) is 0 Å². The first-order valence-electron chi connectivity index (χ1n) is 6.96. The molecule has 1 aliphatic carbocycles. The normalized spacial score (nSPS) is 26.9. The Balaban J connectivity index is 1.92. The smallest absolute Gasteiger partial charge is 0.0451 e. The van der Waals surface area contributed by atoms with Gasteiger partial charge in [-0.1, -0.05) is 19.1 Å². The van der Waals surface area contributed by atoms with Crippen molar-refractivity contribution in [3.63, 3.8) is 0 Å². The van der Waals surface area contributed by atoms with E-state index in [-0.39, 0.29) is 0 Å². The zero-order valence-electron chi connectivity index (χ0n) is 10.5. The van der Waals surface area contributed by atoms with Crippen LogP contribution >= 0.6 is 0 Å². The van der Waals surface area contributed by atoms with Crippen molar-refractivity contribution >= 4 is 5.69 Å². The summed E-state index contributed by atoms with van der Waals surface area (Å²) in [5.74, 6) is 1.62. The van der Waals surface area contributed by atoms with Gasteiger partial charge in [0.05, 0.1) is 0 Å². The van der Waals surface area contributed by atoms with Gasteiger partial charge in [0.2, 0.25) is 0 Å². The van der Waals surface area contributed by atoms with Crippen LogP contribution in [0.3, 0.4) is 0 Å². The maximum absolute atomic E-state index is 3.53. The molecule has 2 heterocycles. The molecule has 90 valence electrons. The number of anilines is 1.